The smallest absolute Gasteiger partial charge is 0.155 e. The molecule has 0 amide bonds. The molecular weight excluding hydrogens is 258 g/mol. The molecule has 12 heavy (non-hydrogen) atoms. The van der Waals surface area contributed by atoms with Gasteiger partial charge in [-0.2, -0.15) is 22.4 Å². The van der Waals surface area contributed by atoms with Crippen molar-refractivity contribution in [3.8, 4) is 0 Å². The molecule has 0 radical (unpaired) electrons. The van der Waals surface area contributed by atoms with E-state index in [1.54, 1.807) is 38.5 Å². The minimum absolute atomic E-state index is 0.829. The molecule has 0 nitrogen and oxygen atoms in total. The third kappa shape index (κ3) is 1.09. The van der Waals surface area contributed by atoms with Gasteiger partial charge in [0.1, 0.15) is 0 Å². The summed E-state index contributed by atoms with van der Waals surface area (Å²) in [7, 11) is 0. The summed E-state index contributed by atoms with van der Waals surface area (Å²) in [6.07, 6.45) is 9.54. The first-order valence-electron chi connectivity index (χ1n) is 5.36. The molecule has 0 aromatic heterocycles. The summed E-state index contributed by atoms with van der Waals surface area (Å²) in [4.78, 5) is 0. The Hall–Kier alpha value is 0.795. The standard InChI is InChI=1S/C10H16BI/c12-11-10-4-7-1-8(5-10)3-9(2-7)6-10/h7-9,11H,1-6H2. The van der Waals surface area contributed by atoms with Gasteiger partial charge in [0.05, 0.1) is 0 Å². The van der Waals surface area contributed by atoms with Crippen LogP contribution in [0.4, 0.5) is 0 Å². The first-order valence-corrected chi connectivity index (χ1v) is 6.88. The van der Waals surface area contributed by atoms with Gasteiger partial charge >= 0.3 is 0 Å². The molecule has 0 saturated heterocycles. The molecule has 4 fully saturated rings. The maximum Gasteiger partial charge on any atom is 0.206 e. The summed E-state index contributed by atoms with van der Waals surface area (Å²) in [5.74, 6) is 3.43. The number of hydrogen-bond donors (Lipinski definition) is 0. The Morgan fingerprint density at radius 2 is 1.33 bits per heavy atom. The van der Waals surface area contributed by atoms with Crippen LogP contribution in [0.3, 0.4) is 0 Å². The molecule has 0 N–H and O–H groups in total. The number of hydrogen-bond acceptors (Lipinski definition) is 0. The van der Waals surface area contributed by atoms with Crippen molar-refractivity contribution in [1.29, 1.82) is 0 Å². The molecule has 0 spiro atoms. The van der Waals surface area contributed by atoms with Crippen LogP contribution in [0.5, 0.6) is 0 Å². The Morgan fingerprint density at radius 3 is 1.67 bits per heavy atom. The lowest BCUT2D eigenvalue weighted by Gasteiger charge is -2.56. The topological polar surface area (TPSA) is 0 Å². The zero-order chi connectivity index (χ0) is 8.18. The largest absolute Gasteiger partial charge is 0.206 e. The SMILES string of the molecule is IBC12CC3CC(CC(C3)C1)C2. The van der Waals surface area contributed by atoms with Gasteiger partial charge in [0.15, 0.2) is 0 Å². The van der Waals surface area contributed by atoms with Crippen LogP contribution < -0.4 is 0 Å². The quantitative estimate of drug-likeness (QED) is 0.509. The molecule has 0 aromatic rings. The molecule has 4 bridgehead atoms. The maximum atomic E-state index is 2.63. The van der Waals surface area contributed by atoms with E-state index < -0.39 is 0 Å². The van der Waals surface area contributed by atoms with E-state index in [0.29, 0.717) is 0 Å². The molecular formula is C10H16BI. The highest BCUT2D eigenvalue weighted by Gasteiger charge is 2.50. The molecule has 0 atom stereocenters. The minimum Gasteiger partial charge on any atom is -0.155 e. The first-order chi connectivity index (χ1) is 5.80. The van der Waals surface area contributed by atoms with Gasteiger partial charge in [-0.1, -0.05) is 19.3 Å². The summed E-state index contributed by atoms with van der Waals surface area (Å²) < 4.78 is 0. The number of halogens is 1. The normalized spacial score (nSPS) is 55.9. The summed E-state index contributed by atoms with van der Waals surface area (Å²) in [5.41, 5.74) is 0. The Balaban J connectivity index is 1.90. The Kier molecular flexibility index (Phi) is 1.79. The van der Waals surface area contributed by atoms with Crippen molar-refractivity contribution >= 4 is 27.5 Å². The third-order valence-electron chi connectivity index (χ3n) is 4.45. The molecule has 4 aliphatic rings. The Bertz CT molecular complexity index is 167. The molecule has 4 rings (SSSR count). The summed E-state index contributed by atoms with van der Waals surface area (Å²) >= 11 is 2.63. The molecule has 0 aliphatic heterocycles. The second kappa shape index (κ2) is 2.65. The van der Waals surface area contributed by atoms with Gasteiger partial charge in [-0.15, -0.1) is 0 Å². The van der Waals surface area contributed by atoms with E-state index in [1.807, 2.05) is 0 Å². The van der Waals surface area contributed by atoms with Crippen LogP contribution in [0.2, 0.25) is 5.31 Å². The lowest BCUT2D eigenvalue weighted by atomic mass is 9.43. The molecule has 2 heteroatoms. The zero-order valence-electron chi connectivity index (χ0n) is 7.56. The van der Waals surface area contributed by atoms with Crippen molar-refractivity contribution in [2.45, 2.75) is 43.8 Å². The summed E-state index contributed by atoms with van der Waals surface area (Å²) in [6, 6.07) is 0. The van der Waals surface area contributed by atoms with Crippen LogP contribution in [0.15, 0.2) is 0 Å². The van der Waals surface area contributed by atoms with E-state index in [0.717, 1.165) is 23.1 Å². The summed E-state index contributed by atoms with van der Waals surface area (Å²) in [5, 5.41) is 2.27. The fraction of sp³-hybridized carbons (Fsp3) is 1.00. The van der Waals surface area contributed by atoms with Crippen molar-refractivity contribution in [2.75, 3.05) is 0 Å². The highest BCUT2D eigenvalue weighted by atomic mass is 127. The van der Waals surface area contributed by atoms with Crippen molar-refractivity contribution in [3.05, 3.63) is 0 Å². The van der Waals surface area contributed by atoms with Crippen LogP contribution in [0.1, 0.15) is 38.5 Å². The van der Waals surface area contributed by atoms with E-state index in [1.165, 1.54) is 5.14 Å². The van der Waals surface area contributed by atoms with Crippen LogP contribution in [0.25, 0.3) is 0 Å². The summed E-state index contributed by atoms with van der Waals surface area (Å²) in [6.45, 7) is 0. The molecule has 0 heterocycles. The predicted octanol–water partition coefficient (Wildman–Crippen LogP) is 3.16. The fourth-order valence-electron chi connectivity index (χ4n) is 4.45. The predicted molar refractivity (Wildman–Crippen MR) is 62.0 cm³/mol. The van der Waals surface area contributed by atoms with Crippen molar-refractivity contribution in [3.63, 3.8) is 0 Å². The van der Waals surface area contributed by atoms with Crippen molar-refractivity contribution in [1.82, 2.24) is 0 Å². The van der Waals surface area contributed by atoms with E-state index in [-0.39, 0.29) is 0 Å². The average molecular weight is 274 g/mol. The van der Waals surface area contributed by atoms with Crippen LogP contribution in [0, 0.1) is 17.8 Å². The number of rotatable bonds is 1. The molecule has 4 aliphatic carbocycles. The van der Waals surface area contributed by atoms with Crippen LogP contribution >= 0.6 is 22.4 Å². The first kappa shape index (κ1) is 8.13. The van der Waals surface area contributed by atoms with Gasteiger partial charge < -0.3 is 0 Å². The monoisotopic (exact) mass is 274 g/mol. The van der Waals surface area contributed by atoms with Crippen molar-refractivity contribution in [2.24, 2.45) is 17.8 Å². The van der Waals surface area contributed by atoms with E-state index in [2.05, 4.69) is 22.4 Å². The van der Waals surface area contributed by atoms with Gasteiger partial charge in [-0.05, 0) is 42.3 Å². The second-order valence-corrected chi connectivity index (χ2v) is 6.31. The average Bonchev–Trinajstić information content (AvgIpc) is 2.02. The lowest BCUT2D eigenvalue weighted by Crippen LogP contribution is -2.43. The lowest BCUT2D eigenvalue weighted by molar-refractivity contribution is 0.0300. The molecule has 0 unspecified atom stereocenters. The van der Waals surface area contributed by atoms with Gasteiger partial charge in [0.2, 0.25) is 5.14 Å². The maximum absolute atomic E-state index is 2.63. The Labute approximate surface area is 89.0 Å². The van der Waals surface area contributed by atoms with Crippen molar-refractivity contribution < 1.29 is 0 Å². The van der Waals surface area contributed by atoms with Gasteiger partial charge in [0, 0.05) is 0 Å². The molecule has 0 aromatic carbocycles. The van der Waals surface area contributed by atoms with E-state index in [9.17, 15) is 0 Å². The molecule has 66 valence electrons. The van der Waals surface area contributed by atoms with Gasteiger partial charge in [-0.3, -0.25) is 0 Å². The second-order valence-electron chi connectivity index (χ2n) is 5.55. The van der Waals surface area contributed by atoms with E-state index >= 15 is 0 Å². The highest BCUT2D eigenvalue weighted by molar-refractivity contribution is 14.1. The van der Waals surface area contributed by atoms with Crippen LogP contribution in [-0.4, -0.2) is 5.14 Å². The molecule has 4 saturated carbocycles. The van der Waals surface area contributed by atoms with Gasteiger partial charge in [-0.25, -0.2) is 0 Å². The Morgan fingerprint density at radius 1 is 0.917 bits per heavy atom. The fourth-order valence-corrected chi connectivity index (χ4v) is 5.39. The van der Waals surface area contributed by atoms with Crippen LogP contribution in [-0.2, 0) is 0 Å². The van der Waals surface area contributed by atoms with Gasteiger partial charge in [0.25, 0.3) is 0 Å². The van der Waals surface area contributed by atoms with E-state index in [4.69, 9.17) is 0 Å². The minimum atomic E-state index is 0.829. The third-order valence-corrected chi connectivity index (χ3v) is 6.07. The highest BCUT2D eigenvalue weighted by Crippen LogP contribution is 2.63. The zero-order valence-corrected chi connectivity index (χ0v) is 9.72.